The third-order valence-corrected chi connectivity index (χ3v) is 4.46. The largest absolute Gasteiger partial charge is 0.360 e. The number of hydrogen-bond acceptors (Lipinski definition) is 5. The Morgan fingerprint density at radius 1 is 1.30 bits per heavy atom. The zero-order valence-corrected chi connectivity index (χ0v) is 12.1. The van der Waals surface area contributed by atoms with Crippen molar-refractivity contribution in [1.82, 2.24) is 0 Å². The lowest BCUT2D eigenvalue weighted by Gasteiger charge is -2.21. The van der Waals surface area contributed by atoms with E-state index in [-0.39, 0.29) is 10.6 Å². The second-order valence-corrected chi connectivity index (χ2v) is 6.90. The molecule has 0 unspecified atom stereocenters. The van der Waals surface area contributed by atoms with E-state index in [0.717, 1.165) is 44.9 Å². The number of sulfone groups is 1. The second kappa shape index (κ2) is 5.76. The predicted octanol–water partition coefficient (Wildman–Crippen LogP) is -0.228. The molecule has 0 atom stereocenters. The smallest absolute Gasteiger partial charge is 0.293 e. The minimum absolute atomic E-state index is 0.0191. The van der Waals surface area contributed by atoms with Gasteiger partial charge in [-0.2, -0.15) is 0 Å². The highest BCUT2D eigenvalue weighted by molar-refractivity contribution is 7.90. The van der Waals surface area contributed by atoms with Crippen molar-refractivity contribution in [3.05, 3.63) is 28.3 Å². The molecule has 1 aromatic rings. The molecule has 2 N–H and O–H groups in total. The normalized spacial score (nSPS) is 16.8. The SMILES string of the molecule is CS(=O)(=O)c1ccc(N2CCC[NH2+]CC2)c([N+](=O)[O-])c1. The molecule has 0 bridgehead atoms. The fraction of sp³-hybridized carbons (Fsp3) is 0.500. The number of rotatable bonds is 3. The first-order valence-corrected chi connectivity index (χ1v) is 8.34. The summed E-state index contributed by atoms with van der Waals surface area (Å²) < 4.78 is 23.0. The molecule has 1 fully saturated rings. The van der Waals surface area contributed by atoms with E-state index in [2.05, 4.69) is 5.32 Å². The number of nitrogens with two attached hydrogens (primary N) is 1. The Morgan fingerprint density at radius 3 is 2.70 bits per heavy atom. The van der Waals surface area contributed by atoms with Crippen LogP contribution in [-0.4, -0.2) is 45.8 Å². The summed E-state index contributed by atoms with van der Waals surface area (Å²) in [5, 5.41) is 13.4. The van der Waals surface area contributed by atoms with Gasteiger partial charge in [0.2, 0.25) is 0 Å². The van der Waals surface area contributed by atoms with Crippen molar-refractivity contribution in [2.45, 2.75) is 11.3 Å². The monoisotopic (exact) mass is 300 g/mol. The average Bonchev–Trinajstić information content (AvgIpc) is 2.65. The maximum atomic E-state index is 11.5. The van der Waals surface area contributed by atoms with Crippen LogP contribution in [0.4, 0.5) is 11.4 Å². The Morgan fingerprint density at radius 2 is 2.05 bits per heavy atom. The van der Waals surface area contributed by atoms with E-state index >= 15 is 0 Å². The van der Waals surface area contributed by atoms with Crippen LogP contribution in [0.25, 0.3) is 0 Å². The van der Waals surface area contributed by atoms with Crippen LogP contribution in [0.15, 0.2) is 23.1 Å². The first-order chi connectivity index (χ1) is 9.39. The fourth-order valence-corrected chi connectivity index (χ4v) is 2.96. The maximum Gasteiger partial charge on any atom is 0.293 e. The summed E-state index contributed by atoms with van der Waals surface area (Å²) in [7, 11) is -3.44. The van der Waals surface area contributed by atoms with Crippen LogP contribution in [0, 0.1) is 10.1 Å². The molecule has 0 radical (unpaired) electrons. The molecular weight excluding hydrogens is 282 g/mol. The van der Waals surface area contributed by atoms with Crippen LogP contribution in [0.3, 0.4) is 0 Å². The molecule has 0 aromatic heterocycles. The minimum Gasteiger partial charge on any atom is -0.360 e. The van der Waals surface area contributed by atoms with Gasteiger partial charge in [0, 0.05) is 25.3 Å². The van der Waals surface area contributed by atoms with Crippen molar-refractivity contribution in [2.24, 2.45) is 0 Å². The number of nitro benzene ring substituents is 1. The topological polar surface area (TPSA) is 97.1 Å². The maximum absolute atomic E-state index is 11.5. The van der Waals surface area contributed by atoms with Crippen molar-refractivity contribution in [3.63, 3.8) is 0 Å². The third-order valence-electron chi connectivity index (χ3n) is 3.35. The molecule has 2 rings (SSSR count). The van der Waals surface area contributed by atoms with Gasteiger partial charge in [-0.25, -0.2) is 8.42 Å². The molecule has 0 saturated carbocycles. The average molecular weight is 300 g/mol. The Kier molecular flexibility index (Phi) is 4.24. The Bertz CT molecular complexity index is 607. The molecule has 110 valence electrons. The first-order valence-electron chi connectivity index (χ1n) is 6.45. The van der Waals surface area contributed by atoms with Crippen LogP contribution in [0.5, 0.6) is 0 Å². The van der Waals surface area contributed by atoms with Crippen molar-refractivity contribution < 1.29 is 18.7 Å². The standard InChI is InChI=1S/C12H17N3O4S/c1-20(18,19)10-3-4-11(12(9-10)15(16)17)14-7-2-5-13-6-8-14/h3-4,9,13H,2,5-8H2,1H3/p+1. The van der Waals surface area contributed by atoms with Gasteiger partial charge in [-0.05, 0) is 12.1 Å². The van der Waals surface area contributed by atoms with Gasteiger partial charge in [0.1, 0.15) is 5.69 Å². The quantitative estimate of drug-likeness (QED) is 0.614. The molecule has 0 amide bonds. The zero-order chi connectivity index (χ0) is 14.8. The van der Waals surface area contributed by atoms with Crippen LogP contribution in [-0.2, 0) is 9.84 Å². The van der Waals surface area contributed by atoms with E-state index in [0.29, 0.717) is 5.69 Å². The summed E-state index contributed by atoms with van der Waals surface area (Å²) in [5.74, 6) is 0. The molecular formula is C12H18N3O4S+. The highest BCUT2D eigenvalue weighted by Crippen LogP contribution is 2.30. The van der Waals surface area contributed by atoms with Crippen LogP contribution in [0.2, 0.25) is 0 Å². The van der Waals surface area contributed by atoms with Crippen LogP contribution in [0.1, 0.15) is 6.42 Å². The molecule has 1 saturated heterocycles. The summed E-state index contributed by atoms with van der Waals surface area (Å²) >= 11 is 0. The lowest BCUT2D eigenvalue weighted by Crippen LogP contribution is -2.84. The molecule has 8 heteroatoms. The Hall–Kier alpha value is -1.67. The van der Waals surface area contributed by atoms with Crippen molar-refractivity contribution in [3.8, 4) is 0 Å². The van der Waals surface area contributed by atoms with Crippen molar-refractivity contribution >= 4 is 21.2 Å². The Balaban J connectivity index is 2.44. The molecule has 1 heterocycles. The van der Waals surface area contributed by atoms with Gasteiger partial charge in [0.25, 0.3) is 5.69 Å². The Labute approximate surface area is 117 Å². The lowest BCUT2D eigenvalue weighted by atomic mass is 10.2. The zero-order valence-electron chi connectivity index (χ0n) is 11.3. The number of quaternary nitrogens is 1. The molecule has 20 heavy (non-hydrogen) atoms. The molecule has 1 aliphatic rings. The van der Waals surface area contributed by atoms with E-state index in [1.54, 1.807) is 6.07 Å². The fourth-order valence-electron chi connectivity index (χ4n) is 2.32. The minimum atomic E-state index is -3.44. The van der Waals surface area contributed by atoms with Gasteiger partial charge in [0.05, 0.1) is 29.5 Å². The number of hydrogen-bond donors (Lipinski definition) is 1. The number of benzene rings is 1. The van der Waals surface area contributed by atoms with E-state index < -0.39 is 14.8 Å². The summed E-state index contributed by atoms with van der Waals surface area (Å²) in [6.45, 7) is 3.35. The van der Waals surface area contributed by atoms with Crippen molar-refractivity contribution in [2.75, 3.05) is 37.3 Å². The summed E-state index contributed by atoms with van der Waals surface area (Å²) in [4.78, 5) is 12.6. The molecule has 0 spiro atoms. The van der Waals surface area contributed by atoms with Gasteiger partial charge >= 0.3 is 0 Å². The van der Waals surface area contributed by atoms with E-state index in [1.807, 2.05) is 4.90 Å². The highest BCUT2D eigenvalue weighted by atomic mass is 32.2. The summed E-state index contributed by atoms with van der Waals surface area (Å²) in [5.41, 5.74) is 0.354. The van der Waals surface area contributed by atoms with E-state index in [4.69, 9.17) is 0 Å². The molecule has 0 aliphatic carbocycles. The molecule has 7 nitrogen and oxygen atoms in total. The van der Waals surface area contributed by atoms with Gasteiger partial charge in [-0.15, -0.1) is 0 Å². The van der Waals surface area contributed by atoms with Gasteiger partial charge in [-0.3, -0.25) is 10.1 Å². The summed E-state index contributed by atoms with van der Waals surface area (Å²) in [6, 6.07) is 4.13. The van der Waals surface area contributed by atoms with Crippen molar-refractivity contribution in [1.29, 1.82) is 0 Å². The van der Waals surface area contributed by atoms with Gasteiger partial charge in [0.15, 0.2) is 9.84 Å². The van der Waals surface area contributed by atoms with Crippen LogP contribution < -0.4 is 10.2 Å². The van der Waals surface area contributed by atoms with Crippen LogP contribution >= 0.6 is 0 Å². The number of nitrogens with zero attached hydrogens (tertiary/aromatic N) is 2. The lowest BCUT2D eigenvalue weighted by molar-refractivity contribution is -0.650. The summed E-state index contributed by atoms with van der Waals surface area (Å²) in [6.07, 6.45) is 2.00. The van der Waals surface area contributed by atoms with E-state index in [9.17, 15) is 18.5 Å². The van der Waals surface area contributed by atoms with Gasteiger partial charge in [-0.1, -0.05) is 0 Å². The first kappa shape index (κ1) is 14.7. The highest BCUT2D eigenvalue weighted by Gasteiger charge is 2.23. The third kappa shape index (κ3) is 3.26. The second-order valence-electron chi connectivity index (χ2n) is 4.89. The molecule has 1 aliphatic heterocycles. The predicted molar refractivity (Wildman–Crippen MR) is 74.7 cm³/mol. The number of nitro groups is 1. The molecule has 1 aromatic carbocycles. The van der Waals surface area contributed by atoms with E-state index in [1.165, 1.54) is 6.07 Å². The number of anilines is 1. The van der Waals surface area contributed by atoms with Gasteiger partial charge < -0.3 is 10.2 Å².